The molecule has 0 N–H and O–H groups in total. The fraction of sp³-hybridized carbons (Fsp3) is 0.914. The van der Waals surface area contributed by atoms with Crippen LogP contribution in [0, 0.1) is 45.3 Å². The summed E-state index contributed by atoms with van der Waals surface area (Å²) in [7, 11) is 0. The zero-order valence-electron chi connectivity index (χ0n) is 26.1. The van der Waals surface area contributed by atoms with Gasteiger partial charge >= 0.3 is 0 Å². The van der Waals surface area contributed by atoms with E-state index in [1.807, 2.05) is 0 Å². The van der Waals surface area contributed by atoms with Gasteiger partial charge in [0.25, 0.3) is 0 Å². The van der Waals surface area contributed by atoms with Crippen molar-refractivity contribution in [3.63, 3.8) is 0 Å². The van der Waals surface area contributed by atoms with Crippen LogP contribution in [0.5, 0.6) is 0 Å². The Morgan fingerprint density at radius 2 is 1.71 bits per heavy atom. The molecule has 8 unspecified atom stereocenters. The average Bonchev–Trinajstić information content (AvgIpc) is 3.12. The third-order valence-electron chi connectivity index (χ3n) is 13.1. The van der Waals surface area contributed by atoms with Gasteiger partial charge in [-0.15, -0.1) is 0 Å². The molecule has 0 bridgehead atoms. The van der Waals surface area contributed by atoms with E-state index in [1.54, 1.807) is 5.57 Å². The number of fused-ring (bicyclic) bond motifs is 4. The van der Waals surface area contributed by atoms with Crippen molar-refractivity contribution in [2.24, 2.45) is 45.3 Å². The predicted molar refractivity (Wildman–Crippen MR) is 156 cm³/mol. The first-order valence-corrected chi connectivity index (χ1v) is 16.4. The van der Waals surface area contributed by atoms with Crippen LogP contribution < -0.4 is 0 Å². The zero-order valence-corrected chi connectivity index (χ0v) is 26.1. The molecule has 38 heavy (non-hydrogen) atoms. The lowest BCUT2D eigenvalue weighted by Gasteiger charge is -2.62. The third kappa shape index (κ3) is 4.49. The van der Waals surface area contributed by atoms with Gasteiger partial charge in [0.1, 0.15) is 0 Å². The Morgan fingerprint density at radius 1 is 0.947 bits per heavy atom. The van der Waals surface area contributed by atoms with Crippen LogP contribution in [0.1, 0.15) is 139 Å². The molecule has 1 heterocycles. The lowest BCUT2D eigenvalue weighted by atomic mass is 9.43. The van der Waals surface area contributed by atoms with Crippen molar-refractivity contribution >= 4 is 5.78 Å². The van der Waals surface area contributed by atoms with Crippen molar-refractivity contribution in [3.05, 3.63) is 11.1 Å². The van der Waals surface area contributed by atoms with Crippen LogP contribution in [0.3, 0.4) is 0 Å². The number of ether oxygens (including phenoxy) is 2. The lowest BCUT2D eigenvalue weighted by Crippen LogP contribution is -2.57. The van der Waals surface area contributed by atoms with Crippen LogP contribution in [-0.2, 0) is 14.3 Å². The second kappa shape index (κ2) is 10.3. The molecule has 0 spiro atoms. The summed E-state index contributed by atoms with van der Waals surface area (Å²) < 4.78 is 12.7. The smallest absolute Gasteiger partial charge is 0.159 e. The van der Waals surface area contributed by atoms with E-state index in [4.69, 9.17) is 9.47 Å². The minimum Gasteiger partial charge on any atom is -0.353 e. The molecule has 5 aliphatic rings. The topological polar surface area (TPSA) is 35.5 Å². The average molecular weight is 527 g/mol. The number of ketones is 1. The van der Waals surface area contributed by atoms with E-state index in [0.717, 1.165) is 51.0 Å². The van der Waals surface area contributed by atoms with E-state index in [0.29, 0.717) is 23.5 Å². The quantitative estimate of drug-likeness (QED) is 0.331. The SMILES string of the molecule is CC(C)CCCC(C)C1CCC2(C)C3=C(C(=O)CC12C)C1(C)CCC(OC2CCCCO2)C(C)(C)C1CC3. The van der Waals surface area contributed by atoms with E-state index >= 15 is 0 Å². The Bertz CT molecular complexity index is 925. The highest BCUT2D eigenvalue weighted by molar-refractivity contribution is 6.00. The van der Waals surface area contributed by atoms with Gasteiger partial charge in [0.2, 0.25) is 0 Å². The molecule has 0 aromatic rings. The summed E-state index contributed by atoms with van der Waals surface area (Å²) >= 11 is 0. The van der Waals surface area contributed by atoms with Gasteiger partial charge in [-0.05, 0) is 103 Å². The Balaban J connectivity index is 1.41. The Kier molecular flexibility index (Phi) is 7.82. The van der Waals surface area contributed by atoms with Crippen molar-refractivity contribution in [2.75, 3.05) is 6.61 Å². The highest BCUT2D eigenvalue weighted by Gasteiger charge is 2.65. The minimum atomic E-state index is -0.0374. The number of carbonyl (C=O) groups is 1. The largest absolute Gasteiger partial charge is 0.353 e. The molecule has 2 saturated carbocycles. The minimum absolute atomic E-state index is 0.0211. The van der Waals surface area contributed by atoms with Crippen LogP contribution >= 0.6 is 0 Å². The molecule has 8 atom stereocenters. The van der Waals surface area contributed by atoms with E-state index in [-0.39, 0.29) is 34.1 Å². The molecule has 0 radical (unpaired) electrons. The van der Waals surface area contributed by atoms with Crippen molar-refractivity contribution < 1.29 is 14.3 Å². The molecule has 0 amide bonds. The van der Waals surface area contributed by atoms with Crippen molar-refractivity contribution in [1.29, 1.82) is 0 Å². The van der Waals surface area contributed by atoms with E-state index < -0.39 is 0 Å². The van der Waals surface area contributed by atoms with Gasteiger partial charge in [0.05, 0.1) is 6.10 Å². The van der Waals surface area contributed by atoms with Crippen molar-refractivity contribution in [2.45, 2.75) is 151 Å². The molecule has 3 fully saturated rings. The van der Waals surface area contributed by atoms with Crippen LogP contribution in [0.25, 0.3) is 0 Å². The van der Waals surface area contributed by atoms with Gasteiger partial charge < -0.3 is 9.47 Å². The number of hydrogen-bond donors (Lipinski definition) is 0. The first kappa shape index (κ1) is 28.8. The fourth-order valence-electron chi connectivity index (χ4n) is 10.7. The molecule has 216 valence electrons. The maximum Gasteiger partial charge on any atom is 0.159 e. The summed E-state index contributed by atoms with van der Waals surface area (Å²) in [6.45, 7) is 20.4. The molecule has 4 aliphatic carbocycles. The normalized spacial score (nSPS) is 43.6. The fourth-order valence-corrected chi connectivity index (χ4v) is 10.7. The van der Waals surface area contributed by atoms with Crippen molar-refractivity contribution in [1.82, 2.24) is 0 Å². The molecule has 3 heteroatoms. The van der Waals surface area contributed by atoms with Gasteiger partial charge in [0.15, 0.2) is 12.1 Å². The van der Waals surface area contributed by atoms with Crippen LogP contribution in [0.4, 0.5) is 0 Å². The molecule has 5 rings (SSSR count). The highest BCUT2D eigenvalue weighted by Crippen LogP contribution is 2.72. The third-order valence-corrected chi connectivity index (χ3v) is 13.1. The van der Waals surface area contributed by atoms with Crippen molar-refractivity contribution in [3.8, 4) is 0 Å². The predicted octanol–water partition coefficient (Wildman–Crippen LogP) is 9.29. The molecule has 1 aliphatic heterocycles. The van der Waals surface area contributed by atoms with Gasteiger partial charge in [0, 0.05) is 18.6 Å². The maximum atomic E-state index is 14.4. The van der Waals surface area contributed by atoms with Gasteiger partial charge in [-0.2, -0.15) is 0 Å². The zero-order chi connectivity index (χ0) is 27.5. The molecule has 3 nitrogen and oxygen atoms in total. The second-order valence-electron chi connectivity index (χ2n) is 15.9. The molecule has 1 saturated heterocycles. The highest BCUT2D eigenvalue weighted by atomic mass is 16.7. The first-order valence-electron chi connectivity index (χ1n) is 16.4. The maximum absolute atomic E-state index is 14.4. The van der Waals surface area contributed by atoms with Gasteiger partial charge in [-0.1, -0.05) is 80.2 Å². The number of rotatable bonds is 7. The summed E-state index contributed by atoms with van der Waals surface area (Å²) in [5, 5.41) is 0. The van der Waals surface area contributed by atoms with E-state index in [9.17, 15) is 4.79 Å². The summed E-state index contributed by atoms with van der Waals surface area (Å²) in [5.74, 6) is 3.14. The Morgan fingerprint density at radius 3 is 2.39 bits per heavy atom. The summed E-state index contributed by atoms with van der Waals surface area (Å²) in [4.78, 5) is 14.4. The van der Waals surface area contributed by atoms with Gasteiger partial charge in [-0.3, -0.25) is 4.79 Å². The van der Waals surface area contributed by atoms with Gasteiger partial charge in [-0.25, -0.2) is 0 Å². The lowest BCUT2D eigenvalue weighted by molar-refractivity contribution is -0.234. The number of hydrogen-bond acceptors (Lipinski definition) is 3. The van der Waals surface area contributed by atoms with E-state index in [1.165, 1.54) is 50.5 Å². The molecule has 0 aromatic carbocycles. The number of Topliss-reactive ketones (excluding diaryl/α,β-unsaturated/α-hetero) is 1. The number of allylic oxidation sites excluding steroid dienone is 2. The molecular formula is C35H58O3. The summed E-state index contributed by atoms with van der Waals surface area (Å²) in [6, 6.07) is 0. The summed E-state index contributed by atoms with van der Waals surface area (Å²) in [6.07, 6.45) is 15.3. The first-order chi connectivity index (χ1) is 17.8. The Hall–Kier alpha value is -0.670. The van der Waals surface area contributed by atoms with Crippen LogP contribution in [-0.4, -0.2) is 24.8 Å². The molecule has 0 aromatic heterocycles. The standard InChI is InChI=1S/C35H58O3/c1-23(2)12-11-13-24(3)25-17-20-34(7)26-15-16-28-32(4,5)29(38-30-14-9-10-21-37-30)18-19-33(28,6)31(26)27(36)22-35(25,34)8/h23-25,28-30H,9-22H2,1-8H3. The number of carbonyl (C=O) groups excluding carboxylic acids is 1. The summed E-state index contributed by atoms with van der Waals surface area (Å²) in [5.41, 5.74) is 3.16. The monoisotopic (exact) mass is 526 g/mol. The van der Waals surface area contributed by atoms with Crippen LogP contribution in [0.15, 0.2) is 11.1 Å². The molecular weight excluding hydrogens is 468 g/mol. The Labute approximate surface area is 234 Å². The second-order valence-corrected chi connectivity index (χ2v) is 15.9. The van der Waals surface area contributed by atoms with Crippen LogP contribution in [0.2, 0.25) is 0 Å². The van der Waals surface area contributed by atoms with E-state index in [2.05, 4.69) is 55.4 Å².